The fourth-order valence-corrected chi connectivity index (χ4v) is 3.01. The van der Waals surface area contributed by atoms with Crippen molar-refractivity contribution in [2.24, 2.45) is 4.99 Å². The number of carbonyl (C=O) groups excluding carboxylic acids is 1. The van der Waals surface area contributed by atoms with E-state index in [0.717, 1.165) is 41.8 Å². The molecule has 1 heterocycles. The first-order valence-corrected chi connectivity index (χ1v) is 8.94. The summed E-state index contributed by atoms with van der Waals surface area (Å²) < 4.78 is 13.1. The molecule has 0 radical (unpaired) electrons. The van der Waals surface area contributed by atoms with Crippen LogP contribution in [-0.4, -0.2) is 30.8 Å². The maximum atomic E-state index is 13.1. The zero-order chi connectivity index (χ0) is 18.5. The van der Waals surface area contributed by atoms with Crippen molar-refractivity contribution in [3.8, 4) is 11.1 Å². The van der Waals surface area contributed by atoms with Gasteiger partial charge in [-0.1, -0.05) is 24.3 Å². The Balaban J connectivity index is 0.00000196. The maximum Gasteiger partial charge on any atom is 0.266 e. The topological polar surface area (TPSA) is 96.7 Å². The molecule has 7 N–H and O–H groups in total. The third kappa shape index (κ3) is 6.01. The molecule has 1 aliphatic heterocycles. The molecule has 1 unspecified atom stereocenters. The largest absolute Gasteiger partial charge is 1.00 e. The summed E-state index contributed by atoms with van der Waals surface area (Å²) in [5.41, 5.74) is 12.1. The summed E-state index contributed by atoms with van der Waals surface area (Å²) in [6.07, 6.45) is 2.51. The Morgan fingerprint density at radius 2 is 1.82 bits per heavy atom. The lowest BCUT2D eigenvalue weighted by atomic mass is 10.0. The van der Waals surface area contributed by atoms with Crippen LogP contribution in [0.4, 0.5) is 10.1 Å². The van der Waals surface area contributed by atoms with Gasteiger partial charge in [0.1, 0.15) is 17.6 Å². The number of carbonyl (C=O) groups is 1. The van der Waals surface area contributed by atoms with Gasteiger partial charge >= 0.3 is 0 Å². The van der Waals surface area contributed by atoms with Crippen molar-refractivity contribution in [3.05, 3.63) is 53.8 Å². The van der Waals surface area contributed by atoms with Crippen LogP contribution >= 0.6 is 0 Å². The first kappa shape index (κ1) is 24.0. The van der Waals surface area contributed by atoms with Crippen molar-refractivity contribution >= 4 is 17.3 Å². The molecular formula is C20H25Cl2FN4O. The first-order chi connectivity index (χ1) is 12.6. The molecule has 0 aliphatic carbocycles. The molecule has 0 spiro atoms. The standard InChI is InChI=1S/C20H23FN4O.2ClH/c21-16-7-5-13(6-8-16)14-3-4-15-11-19(25-18(15)10-14)20(26)24-12-17(23)2-1-9-22;;/h3-8,10,17H,1-2,9,11-12,22-23H2,(H,24,26);2*1H. The van der Waals surface area contributed by atoms with Gasteiger partial charge in [0.25, 0.3) is 5.91 Å². The number of nitrogens with zero attached hydrogens (tertiary/aromatic N) is 1. The van der Waals surface area contributed by atoms with Gasteiger partial charge in [-0.25, -0.2) is 9.38 Å². The molecule has 2 aromatic carbocycles. The zero-order valence-corrected chi connectivity index (χ0v) is 17.1. The number of fused-ring (bicyclic) bond motifs is 1. The van der Waals surface area contributed by atoms with Crippen LogP contribution < -0.4 is 41.6 Å². The summed E-state index contributed by atoms with van der Waals surface area (Å²) >= 11 is 0. The number of amides is 1. The van der Waals surface area contributed by atoms with Gasteiger partial charge in [0, 0.05) is 19.3 Å². The summed E-state index contributed by atoms with van der Waals surface area (Å²) in [5, 5.41) is 2.93. The molecule has 28 heavy (non-hydrogen) atoms. The normalized spacial score (nSPS) is 12.9. The molecule has 152 valence electrons. The summed E-state index contributed by atoms with van der Waals surface area (Å²) in [4.78, 5) is 16.9. The van der Waals surface area contributed by atoms with E-state index in [4.69, 9.17) is 0 Å². The molecule has 1 amide bonds. The summed E-state index contributed by atoms with van der Waals surface area (Å²) in [6, 6.07) is 12.5. The predicted molar refractivity (Wildman–Crippen MR) is 99.3 cm³/mol. The van der Waals surface area contributed by atoms with E-state index < -0.39 is 0 Å². The van der Waals surface area contributed by atoms with Crippen molar-refractivity contribution in [3.63, 3.8) is 0 Å². The van der Waals surface area contributed by atoms with E-state index >= 15 is 0 Å². The van der Waals surface area contributed by atoms with Gasteiger partial charge in [0.05, 0.1) is 18.8 Å². The molecule has 0 bridgehead atoms. The monoisotopic (exact) mass is 426 g/mol. The minimum absolute atomic E-state index is 0. The molecule has 1 aliphatic rings. The molecule has 3 rings (SSSR count). The quantitative estimate of drug-likeness (QED) is 0.405. The van der Waals surface area contributed by atoms with E-state index in [1.54, 1.807) is 12.1 Å². The van der Waals surface area contributed by atoms with Gasteiger partial charge < -0.3 is 41.6 Å². The Hall–Kier alpha value is -1.99. The van der Waals surface area contributed by atoms with Crippen molar-refractivity contribution in [1.29, 1.82) is 0 Å². The van der Waals surface area contributed by atoms with E-state index in [1.807, 2.05) is 18.2 Å². The summed E-state index contributed by atoms with van der Waals surface area (Å²) in [5.74, 6) is -0.390. The van der Waals surface area contributed by atoms with Crippen LogP contribution in [0.25, 0.3) is 11.1 Å². The lowest BCUT2D eigenvalue weighted by Gasteiger charge is -2.08. The van der Waals surface area contributed by atoms with Crippen molar-refractivity contribution in [2.45, 2.75) is 25.3 Å². The van der Waals surface area contributed by atoms with E-state index in [1.165, 1.54) is 12.1 Å². The van der Waals surface area contributed by atoms with Crippen LogP contribution in [0.2, 0.25) is 0 Å². The molecule has 5 nitrogen and oxygen atoms in total. The van der Waals surface area contributed by atoms with Crippen molar-refractivity contribution in [1.82, 2.24) is 5.32 Å². The molecule has 0 saturated carbocycles. The van der Waals surface area contributed by atoms with Gasteiger partial charge in [-0.05, 0) is 34.9 Å². The van der Waals surface area contributed by atoms with Gasteiger partial charge in [-0.2, -0.15) is 0 Å². The van der Waals surface area contributed by atoms with E-state index in [2.05, 4.69) is 21.8 Å². The fourth-order valence-electron chi connectivity index (χ4n) is 3.01. The molecule has 1 atom stereocenters. The number of quaternary nitrogens is 2. The minimum atomic E-state index is -0.259. The highest BCUT2D eigenvalue weighted by Crippen LogP contribution is 2.32. The second-order valence-corrected chi connectivity index (χ2v) is 6.66. The smallest absolute Gasteiger partial charge is 0.266 e. The lowest BCUT2D eigenvalue weighted by Crippen LogP contribution is -3.00. The van der Waals surface area contributed by atoms with Gasteiger partial charge in [0.2, 0.25) is 0 Å². The number of nitrogens with one attached hydrogen (secondary N) is 1. The van der Waals surface area contributed by atoms with Crippen LogP contribution in [-0.2, 0) is 11.2 Å². The van der Waals surface area contributed by atoms with Gasteiger partial charge in [-0.15, -0.1) is 0 Å². The lowest BCUT2D eigenvalue weighted by molar-refractivity contribution is -0.423. The van der Waals surface area contributed by atoms with E-state index in [-0.39, 0.29) is 42.6 Å². The van der Waals surface area contributed by atoms with Crippen LogP contribution in [0.3, 0.4) is 0 Å². The highest BCUT2D eigenvalue weighted by molar-refractivity contribution is 6.40. The fraction of sp³-hybridized carbons (Fsp3) is 0.300. The zero-order valence-electron chi connectivity index (χ0n) is 15.6. The molecule has 0 saturated heterocycles. The van der Waals surface area contributed by atoms with Gasteiger partial charge in [-0.3, -0.25) is 4.79 Å². The molecule has 0 fully saturated rings. The average Bonchev–Trinajstić information content (AvgIpc) is 3.08. The molecular weight excluding hydrogens is 402 g/mol. The van der Waals surface area contributed by atoms with E-state index in [0.29, 0.717) is 18.7 Å². The first-order valence-electron chi connectivity index (χ1n) is 8.94. The SMILES string of the molecule is [Cl-].[Cl-].[NH3+]CCCC([NH3+])CNC(=O)C1=Nc2cc(-c3ccc(F)cc3)ccc2C1. The third-order valence-electron chi connectivity index (χ3n) is 4.55. The number of benzene rings is 2. The van der Waals surface area contributed by atoms with Crippen LogP contribution in [0.1, 0.15) is 18.4 Å². The number of hydrogen-bond donors (Lipinski definition) is 3. The summed E-state index contributed by atoms with van der Waals surface area (Å²) in [6.45, 7) is 1.44. The molecule has 0 aromatic heterocycles. The predicted octanol–water partition coefficient (Wildman–Crippen LogP) is -5.12. The van der Waals surface area contributed by atoms with Gasteiger partial charge in [0.15, 0.2) is 0 Å². The Labute approximate surface area is 176 Å². The minimum Gasteiger partial charge on any atom is -1.00 e. The van der Waals surface area contributed by atoms with Crippen LogP contribution in [0, 0.1) is 5.82 Å². The Morgan fingerprint density at radius 3 is 2.50 bits per heavy atom. The molecule has 2 aromatic rings. The van der Waals surface area contributed by atoms with Crippen molar-refractivity contribution in [2.75, 3.05) is 13.1 Å². The molecule has 8 heteroatoms. The van der Waals surface area contributed by atoms with E-state index in [9.17, 15) is 9.18 Å². The maximum absolute atomic E-state index is 13.1. The second-order valence-electron chi connectivity index (χ2n) is 6.66. The third-order valence-corrected chi connectivity index (χ3v) is 4.55. The van der Waals surface area contributed by atoms with Crippen LogP contribution in [0.5, 0.6) is 0 Å². The summed E-state index contributed by atoms with van der Waals surface area (Å²) in [7, 11) is 0. The highest BCUT2D eigenvalue weighted by Gasteiger charge is 2.21. The van der Waals surface area contributed by atoms with Crippen LogP contribution in [0.15, 0.2) is 47.5 Å². The number of hydrogen-bond acceptors (Lipinski definition) is 2. The Morgan fingerprint density at radius 1 is 1.14 bits per heavy atom. The van der Waals surface area contributed by atoms with Crippen molar-refractivity contribution < 1.29 is 45.5 Å². The number of rotatable bonds is 7. The highest BCUT2D eigenvalue weighted by atomic mass is 35.5. The Kier molecular flexibility index (Phi) is 9.55. The second kappa shape index (κ2) is 11.1. The average molecular weight is 427 g/mol. The Bertz CT molecular complexity index is 827. The number of halogens is 3. The number of aliphatic imine (C=N–C) groups is 1.